The zero-order valence-electron chi connectivity index (χ0n) is 12.3. The van der Waals surface area contributed by atoms with Gasteiger partial charge in [0.05, 0.1) is 13.7 Å². The molecule has 0 unspecified atom stereocenters. The molecule has 0 spiro atoms. The summed E-state index contributed by atoms with van der Waals surface area (Å²) in [6.45, 7) is 2.63. The Kier molecular flexibility index (Phi) is 3.86. The first kappa shape index (κ1) is 13.6. The fourth-order valence-electron chi connectivity index (χ4n) is 2.42. The Morgan fingerprint density at radius 2 is 2.00 bits per heavy atom. The second-order valence-electron chi connectivity index (χ2n) is 4.84. The molecule has 2 aromatic rings. The SMILES string of the molecule is CCOC1=CCCc2cnc(-c3ccc(OC)cc3)nc21. The van der Waals surface area contributed by atoms with Crippen LogP contribution in [0.25, 0.3) is 17.1 Å². The van der Waals surface area contributed by atoms with Crippen LogP contribution in [0.3, 0.4) is 0 Å². The van der Waals surface area contributed by atoms with Crippen molar-refractivity contribution >= 4 is 5.76 Å². The van der Waals surface area contributed by atoms with E-state index in [9.17, 15) is 0 Å². The van der Waals surface area contributed by atoms with Crippen LogP contribution in [-0.2, 0) is 11.2 Å². The third-order valence-electron chi connectivity index (χ3n) is 3.49. The number of benzene rings is 1. The van der Waals surface area contributed by atoms with Crippen molar-refractivity contribution < 1.29 is 9.47 Å². The quantitative estimate of drug-likeness (QED) is 0.861. The van der Waals surface area contributed by atoms with Gasteiger partial charge in [-0.25, -0.2) is 9.97 Å². The maximum absolute atomic E-state index is 5.69. The van der Waals surface area contributed by atoms with Crippen LogP contribution in [0.1, 0.15) is 24.6 Å². The lowest BCUT2D eigenvalue weighted by molar-refractivity contribution is 0.294. The van der Waals surface area contributed by atoms with E-state index in [4.69, 9.17) is 14.5 Å². The van der Waals surface area contributed by atoms with Gasteiger partial charge in [-0.05, 0) is 50.1 Å². The van der Waals surface area contributed by atoms with E-state index in [1.807, 2.05) is 37.4 Å². The minimum absolute atomic E-state index is 0.646. The standard InChI is InChI=1S/C17H18N2O2/c1-3-21-15-6-4-5-13-11-18-17(19-16(13)15)12-7-9-14(20-2)10-8-12/h6-11H,3-5H2,1-2H3. The van der Waals surface area contributed by atoms with Crippen molar-refractivity contribution in [1.82, 2.24) is 9.97 Å². The molecule has 0 amide bonds. The van der Waals surface area contributed by atoms with Gasteiger partial charge in [-0.3, -0.25) is 0 Å². The molecule has 0 atom stereocenters. The van der Waals surface area contributed by atoms with E-state index in [-0.39, 0.29) is 0 Å². The number of allylic oxidation sites excluding steroid dienone is 1. The first-order chi connectivity index (χ1) is 10.3. The summed E-state index contributed by atoms with van der Waals surface area (Å²) in [6, 6.07) is 7.76. The highest BCUT2D eigenvalue weighted by molar-refractivity contribution is 5.65. The minimum atomic E-state index is 0.646. The second kappa shape index (κ2) is 5.95. The van der Waals surface area contributed by atoms with Gasteiger partial charge in [-0.1, -0.05) is 0 Å². The predicted octanol–water partition coefficient (Wildman–Crippen LogP) is 3.48. The van der Waals surface area contributed by atoms with Crippen LogP contribution in [0.2, 0.25) is 0 Å². The molecule has 0 fully saturated rings. The summed E-state index contributed by atoms with van der Waals surface area (Å²) in [5.41, 5.74) is 3.04. The van der Waals surface area contributed by atoms with E-state index in [1.54, 1.807) is 7.11 Å². The highest BCUT2D eigenvalue weighted by Gasteiger charge is 2.17. The lowest BCUT2D eigenvalue weighted by Crippen LogP contribution is -2.07. The van der Waals surface area contributed by atoms with Gasteiger partial charge in [0.15, 0.2) is 5.82 Å². The van der Waals surface area contributed by atoms with Crippen LogP contribution in [-0.4, -0.2) is 23.7 Å². The maximum Gasteiger partial charge on any atom is 0.159 e. The summed E-state index contributed by atoms with van der Waals surface area (Å²) in [5, 5.41) is 0. The average molecular weight is 282 g/mol. The molecule has 1 aliphatic rings. The van der Waals surface area contributed by atoms with Crippen LogP contribution < -0.4 is 4.74 Å². The Morgan fingerprint density at radius 1 is 1.19 bits per heavy atom. The van der Waals surface area contributed by atoms with Crippen LogP contribution in [0.5, 0.6) is 5.75 Å². The zero-order chi connectivity index (χ0) is 14.7. The van der Waals surface area contributed by atoms with E-state index in [0.717, 1.165) is 41.2 Å². The summed E-state index contributed by atoms with van der Waals surface area (Å²) in [7, 11) is 1.66. The number of hydrogen-bond donors (Lipinski definition) is 0. The molecule has 21 heavy (non-hydrogen) atoms. The number of hydrogen-bond acceptors (Lipinski definition) is 4. The molecule has 1 aliphatic carbocycles. The zero-order valence-corrected chi connectivity index (χ0v) is 12.3. The highest BCUT2D eigenvalue weighted by Crippen LogP contribution is 2.27. The summed E-state index contributed by atoms with van der Waals surface area (Å²) in [5.74, 6) is 2.41. The molecule has 0 bridgehead atoms. The van der Waals surface area contributed by atoms with Crippen molar-refractivity contribution in [3.05, 3.63) is 47.8 Å². The number of methoxy groups -OCH3 is 1. The molecule has 0 N–H and O–H groups in total. The Morgan fingerprint density at radius 3 is 2.71 bits per heavy atom. The third kappa shape index (κ3) is 2.75. The fourth-order valence-corrected chi connectivity index (χ4v) is 2.42. The lowest BCUT2D eigenvalue weighted by Gasteiger charge is -2.17. The van der Waals surface area contributed by atoms with Crippen molar-refractivity contribution in [2.75, 3.05) is 13.7 Å². The molecule has 3 rings (SSSR count). The summed E-state index contributed by atoms with van der Waals surface area (Å²) in [4.78, 5) is 9.17. The monoisotopic (exact) mass is 282 g/mol. The van der Waals surface area contributed by atoms with Crippen LogP contribution in [0.15, 0.2) is 36.5 Å². The highest BCUT2D eigenvalue weighted by atomic mass is 16.5. The van der Waals surface area contributed by atoms with E-state index >= 15 is 0 Å². The molecule has 4 nitrogen and oxygen atoms in total. The van der Waals surface area contributed by atoms with Crippen LogP contribution >= 0.6 is 0 Å². The van der Waals surface area contributed by atoms with E-state index in [0.29, 0.717) is 12.4 Å². The summed E-state index contributed by atoms with van der Waals surface area (Å²) < 4.78 is 10.9. The van der Waals surface area contributed by atoms with Crippen molar-refractivity contribution in [1.29, 1.82) is 0 Å². The molecule has 0 radical (unpaired) electrons. The molecular formula is C17H18N2O2. The van der Waals surface area contributed by atoms with Gasteiger partial charge >= 0.3 is 0 Å². The fraction of sp³-hybridized carbons (Fsp3) is 0.294. The molecule has 0 saturated carbocycles. The molecule has 0 aliphatic heterocycles. The number of aromatic nitrogens is 2. The molecule has 1 heterocycles. The van der Waals surface area contributed by atoms with Gasteiger partial charge in [0, 0.05) is 17.3 Å². The number of nitrogens with zero attached hydrogens (tertiary/aromatic N) is 2. The molecular weight excluding hydrogens is 264 g/mol. The first-order valence-corrected chi connectivity index (χ1v) is 7.15. The van der Waals surface area contributed by atoms with Gasteiger partial charge in [-0.15, -0.1) is 0 Å². The lowest BCUT2D eigenvalue weighted by atomic mass is 10.0. The Labute approximate surface area is 124 Å². The largest absolute Gasteiger partial charge is 0.497 e. The van der Waals surface area contributed by atoms with Crippen molar-refractivity contribution in [2.24, 2.45) is 0 Å². The van der Waals surface area contributed by atoms with E-state index in [1.165, 1.54) is 0 Å². The third-order valence-corrected chi connectivity index (χ3v) is 3.49. The van der Waals surface area contributed by atoms with Crippen molar-refractivity contribution in [2.45, 2.75) is 19.8 Å². The van der Waals surface area contributed by atoms with Crippen LogP contribution in [0.4, 0.5) is 0 Å². The van der Waals surface area contributed by atoms with Gasteiger partial charge in [0.2, 0.25) is 0 Å². The van der Waals surface area contributed by atoms with Gasteiger partial charge < -0.3 is 9.47 Å². The summed E-state index contributed by atoms with van der Waals surface area (Å²) >= 11 is 0. The van der Waals surface area contributed by atoms with Crippen molar-refractivity contribution in [3.63, 3.8) is 0 Å². The Hall–Kier alpha value is -2.36. The number of ether oxygens (including phenoxy) is 2. The van der Waals surface area contributed by atoms with Crippen molar-refractivity contribution in [3.8, 4) is 17.1 Å². The van der Waals surface area contributed by atoms with Gasteiger partial charge in [0.25, 0.3) is 0 Å². The van der Waals surface area contributed by atoms with E-state index in [2.05, 4.69) is 11.1 Å². The molecule has 4 heteroatoms. The number of fused-ring (bicyclic) bond motifs is 1. The average Bonchev–Trinajstić information content (AvgIpc) is 2.55. The van der Waals surface area contributed by atoms with Gasteiger partial charge in [0.1, 0.15) is 17.2 Å². The molecule has 1 aromatic heterocycles. The predicted molar refractivity (Wildman–Crippen MR) is 81.9 cm³/mol. The summed E-state index contributed by atoms with van der Waals surface area (Å²) in [6.07, 6.45) is 5.97. The molecule has 0 saturated heterocycles. The normalized spacial score (nSPS) is 13.3. The first-order valence-electron chi connectivity index (χ1n) is 7.15. The Bertz CT molecular complexity index is 663. The van der Waals surface area contributed by atoms with Gasteiger partial charge in [-0.2, -0.15) is 0 Å². The Balaban J connectivity index is 1.98. The van der Waals surface area contributed by atoms with Crippen LogP contribution in [0, 0.1) is 0 Å². The maximum atomic E-state index is 5.69. The number of aryl methyl sites for hydroxylation is 1. The molecule has 1 aromatic carbocycles. The minimum Gasteiger partial charge on any atom is -0.497 e. The van der Waals surface area contributed by atoms with E-state index < -0.39 is 0 Å². The smallest absolute Gasteiger partial charge is 0.159 e. The number of rotatable bonds is 4. The topological polar surface area (TPSA) is 44.2 Å². The second-order valence-corrected chi connectivity index (χ2v) is 4.84. The molecule has 108 valence electrons.